The fourth-order valence-electron chi connectivity index (χ4n) is 8.34. The molecule has 0 N–H and O–H groups in total. The zero-order valence-electron chi connectivity index (χ0n) is 29.6. The zero-order valence-corrected chi connectivity index (χ0v) is 29.6. The van der Waals surface area contributed by atoms with Gasteiger partial charge in [0.05, 0.1) is 11.4 Å². The zero-order chi connectivity index (χ0) is 34.6. The van der Waals surface area contributed by atoms with E-state index in [-0.39, 0.29) is 5.41 Å². The summed E-state index contributed by atoms with van der Waals surface area (Å²) in [5.74, 6) is 0.709. The van der Waals surface area contributed by atoms with E-state index in [1.54, 1.807) is 0 Å². The average Bonchev–Trinajstić information content (AvgIpc) is 3.21. The first-order valence-corrected chi connectivity index (χ1v) is 18.6. The van der Waals surface area contributed by atoms with Crippen LogP contribution in [0.2, 0.25) is 0 Å². The van der Waals surface area contributed by atoms with Gasteiger partial charge >= 0.3 is 0 Å². The number of benzene rings is 4. The van der Waals surface area contributed by atoms with Gasteiger partial charge in [0.15, 0.2) is 5.84 Å². The van der Waals surface area contributed by atoms with E-state index in [2.05, 4.69) is 141 Å². The van der Waals surface area contributed by atoms with Gasteiger partial charge < -0.3 is 0 Å². The Morgan fingerprint density at radius 1 is 0.725 bits per heavy atom. The highest BCUT2D eigenvalue weighted by Gasteiger charge is 2.35. The minimum atomic E-state index is -0.000257. The molecule has 0 spiro atoms. The summed E-state index contributed by atoms with van der Waals surface area (Å²) in [6.07, 6.45) is 21.1. The Labute approximate surface area is 302 Å². The predicted octanol–water partition coefficient (Wildman–Crippen LogP) is 12.0. The second-order valence-corrected chi connectivity index (χ2v) is 14.2. The number of rotatable bonds is 7. The highest BCUT2D eigenvalue weighted by molar-refractivity contribution is 6.17. The standard InChI is InChI=1S/C48H45N3/c1-34(50-47(40-15-5-3-6-16-40)51-35(2)43-21-11-17-37-14-7-8-20-44(37)43)36-23-27-41(28-24-36)48(31-9-4-10-32-48)42-29-25-38(26-30-42)45-22-12-18-39-19-13-33-49-46(39)45/h5,7-8,11,13-17,19-30,33H,1,3-4,6,9-10,12,18,31-32H2,2H3/b50-47-,51-35+. The normalized spacial score (nSPS) is 17.4. The van der Waals surface area contributed by atoms with E-state index in [1.165, 1.54) is 57.9 Å². The fourth-order valence-corrected chi connectivity index (χ4v) is 8.34. The van der Waals surface area contributed by atoms with E-state index >= 15 is 0 Å². The molecule has 51 heavy (non-hydrogen) atoms. The van der Waals surface area contributed by atoms with Gasteiger partial charge in [-0.2, -0.15) is 0 Å². The predicted molar refractivity (Wildman–Crippen MR) is 215 cm³/mol. The Morgan fingerprint density at radius 3 is 2.27 bits per heavy atom. The van der Waals surface area contributed by atoms with Crippen molar-refractivity contribution in [3.63, 3.8) is 0 Å². The molecular formula is C48H45N3. The van der Waals surface area contributed by atoms with Crippen molar-refractivity contribution >= 4 is 33.6 Å². The summed E-state index contributed by atoms with van der Waals surface area (Å²) < 4.78 is 0. The van der Waals surface area contributed by atoms with Gasteiger partial charge in [0, 0.05) is 34.0 Å². The molecule has 252 valence electrons. The summed E-state index contributed by atoms with van der Waals surface area (Å²) in [7, 11) is 0. The molecule has 0 aliphatic heterocycles. The third kappa shape index (κ3) is 6.61. The molecule has 0 radical (unpaired) electrons. The summed E-state index contributed by atoms with van der Waals surface area (Å²) >= 11 is 0. The Bertz CT molecular complexity index is 2230. The summed E-state index contributed by atoms with van der Waals surface area (Å²) in [6, 6.07) is 37.6. The first-order chi connectivity index (χ1) is 25.1. The number of aliphatic imine (C=N–C) groups is 2. The van der Waals surface area contributed by atoms with E-state index in [0.29, 0.717) is 5.84 Å². The molecule has 3 nitrogen and oxygen atoms in total. The molecule has 1 aromatic heterocycles. The first-order valence-electron chi connectivity index (χ1n) is 18.6. The van der Waals surface area contributed by atoms with Crippen LogP contribution in [-0.2, 0) is 11.8 Å². The number of hydrogen-bond donors (Lipinski definition) is 0. The second kappa shape index (κ2) is 14.4. The molecule has 5 aromatic rings. The molecule has 1 fully saturated rings. The van der Waals surface area contributed by atoms with Crippen molar-refractivity contribution in [2.45, 2.75) is 70.1 Å². The van der Waals surface area contributed by atoms with Crippen LogP contribution in [0.5, 0.6) is 0 Å². The lowest BCUT2D eigenvalue weighted by atomic mass is 9.65. The van der Waals surface area contributed by atoms with Crippen LogP contribution in [0.4, 0.5) is 0 Å². The molecule has 3 aliphatic rings. The molecule has 0 amide bonds. The summed E-state index contributed by atoms with van der Waals surface area (Å²) in [5.41, 5.74) is 12.6. The van der Waals surface area contributed by atoms with Crippen LogP contribution in [0, 0.1) is 0 Å². The van der Waals surface area contributed by atoms with Gasteiger partial charge in [-0.05, 0) is 90.1 Å². The molecule has 3 heteroatoms. The van der Waals surface area contributed by atoms with Crippen LogP contribution < -0.4 is 0 Å². The lowest BCUT2D eigenvalue weighted by Gasteiger charge is -2.39. The van der Waals surface area contributed by atoms with E-state index in [0.717, 1.165) is 72.3 Å². The van der Waals surface area contributed by atoms with Gasteiger partial charge in [-0.1, -0.05) is 147 Å². The smallest absolute Gasteiger partial charge is 0.159 e. The van der Waals surface area contributed by atoms with Gasteiger partial charge in [-0.3, -0.25) is 4.98 Å². The van der Waals surface area contributed by atoms with Crippen LogP contribution in [0.3, 0.4) is 0 Å². The Kier molecular flexibility index (Phi) is 9.28. The SMILES string of the molecule is C=C(/N=C(\N=C(/C)c1cccc2ccccc12)C1=CCCC=C1)c1ccc(C2(c3ccc(C4=CCCc5cccnc54)cc3)CCCCC2)cc1. The fraction of sp³-hybridized carbons (Fsp3) is 0.229. The minimum Gasteiger partial charge on any atom is -0.256 e. The Morgan fingerprint density at radius 2 is 1.49 bits per heavy atom. The maximum absolute atomic E-state index is 5.16. The van der Waals surface area contributed by atoms with Crippen LogP contribution in [0.25, 0.3) is 22.0 Å². The monoisotopic (exact) mass is 663 g/mol. The molecule has 0 atom stereocenters. The Hall–Kier alpha value is -5.41. The molecule has 4 aromatic carbocycles. The molecule has 1 saturated carbocycles. The first kappa shape index (κ1) is 32.8. The minimum absolute atomic E-state index is 0.000257. The number of amidine groups is 1. The maximum Gasteiger partial charge on any atom is 0.159 e. The maximum atomic E-state index is 5.16. The largest absolute Gasteiger partial charge is 0.256 e. The topological polar surface area (TPSA) is 37.6 Å². The quantitative estimate of drug-likeness (QED) is 0.126. The highest BCUT2D eigenvalue weighted by Crippen LogP contribution is 2.45. The summed E-state index contributed by atoms with van der Waals surface area (Å²) in [5, 5.41) is 2.41. The van der Waals surface area contributed by atoms with Gasteiger partial charge in [-0.25, -0.2) is 9.98 Å². The Balaban J connectivity index is 1.09. The van der Waals surface area contributed by atoms with Crippen molar-refractivity contribution in [2.75, 3.05) is 0 Å². The molecule has 0 unspecified atom stereocenters. The summed E-state index contributed by atoms with van der Waals surface area (Å²) in [6.45, 7) is 6.54. The van der Waals surface area contributed by atoms with E-state index in [4.69, 9.17) is 15.0 Å². The molecule has 1 heterocycles. The lowest BCUT2D eigenvalue weighted by Crippen LogP contribution is -2.30. The van der Waals surface area contributed by atoms with Crippen LogP contribution in [0.15, 0.2) is 156 Å². The summed E-state index contributed by atoms with van der Waals surface area (Å²) in [4.78, 5) is 15.0. The van der Waals surface area contributed by atoms with Gasteiger partial charge in [-0.15, -0.1) is 0 Å². The van der Waals surface area contributed by atoms with Crippen LogP contribution in [0.1, 0.15) is 97.4 Å². The van der Waals surface area contributed by atoms with Gasteiger partial charge in [0.1, 0.15) is 0 Å². The molecule has 0 saturated heterocycles. The van der Waals surface area contributed by atoms with Crippen LogP contribution in [-0.4, -0.2) is 16.5 Å². The third-order valence-electron chi connectivity index (χ3n) is 11.1. The average molecular weight is 664 g/mol. The van der Waals surface area contributed by atoms with E-state index in [1.807, 2.05) is 6.20 Å². The van der Waals surface area contributed by atoms with Crippen molar-refractivity contribution in [2.24, 2.45) is 9.98 Å². The number of allylic oxidation sites excluding steroid dienone is 3. The number of pyridine rings is 1. The number of aryl methyl sites for hydroxylation is 1. The molecule has 3 aliphatic carbocycles. The highest BCUT2D eigenvalue weighted by atomic mass is 14.9. The molecular weight excluding hydrogens is 619 g/mol. The van der Waals surface area contributed by atoms with Crippen molar-refractivity contribution in [1.29, 1.82) is 0 Å². The van der Waals surface area contributed by atoms with Gasteiger partial charge in [0.25, 0.3) is 0 Å². The van der Waals surface area contributed by atoms with Crippen molar-refractivity contribution in [3.8, 4) is 0 Å². The van der Waals surface area contributed by atoms with Crippen LogP contribution >= 0.6 is 0 Å². The van der Waals surface area contributed by atoms with Crippen molar-refractivity contribution < 1.29 is 0 Å². The van der Waals surface area contributed by atoms with Crippen molar-refractivity contribution in [1.82, 2.24) is 4.98 Å². The van der Waals surface area contributed by atoms with Crippen molar-refractivity contribution in [3.05, 3.63) is 185 Å². The number of fused-ring (bicyclic) bond motifs is 2. The number of nitrogens with zero attached hydrogens (tertiary/aromatic N) is 3. The van der Waals surface area contributed by atoms with E-state index in [9.17, 15) is 0 Å². The van der Waals surface area contributed by atoms with Gasteiger partial charge in [0.2, 0.25) is 0 Å². The van der Waals surface area contributed by atoms with E-state index < -0.39 is 0 Å². The molecule has 0 bridgehead atoms. The lowest BCUT2D eigenvalue weighted by molar-refractivity contribution is 0.346. The second-order valence-electron chi connectivity index (χ2n) is 14.2. The third-order valence-corrected chi connectivity index (χ3v) is 11.1. The number of aromatic nitrogens is 1. The number of hydrogen-bond acceptors (Lipinski definition) is 2. The molecule has 8 rings (SSSR count).